The van der Waals surface area contributed by atoms with Crippen molar-refractivity contribution in [2.45, 2.75) is 46.0 Å². The van der Waals surface area contributed by atoms with Crippen molar-refractivity contribution >= 4 is 13.5 Å². The third-order valence-corrected chi connectivity index (χ3v) is 3.43. The Morgan fingerprint density at radius 3 is 2.35 bits per heavy atom. The van der Waals surface area contributed by atoms with Gasteiger partial charge in [-0.3, -0.25) is 9.36 Å². The van der Waals surface area contributed by atoms with Crippen LogP contribution in [-0.4, -0.2) is 44.0 Å². The lowest BCUT2D eigenvalue weighted by Gasteiger charge is -2.22. The second-order valence-corrected chi connectivity index (χ2v) is 6.94. The quantitative estimate of drug-likeness (QED) is 0.495. The zero-order chi connectivity index (χ0) is 15.8. The Morgan fingerprint density at radius 1 is 1.30 bits per heavy atom. The highest BCUT2D eigenvalue weighted by Crippen LogP contribution is 2.45. The van der Waals surface area contributed by atoms with Gasteiger partial charge in [0.1, 0.15) is 0 Å². The largest absolute Gasteiger partial charge is 0.363 e. The summed E-state index contributed by atoms with van der Waals surface area (Å²) < 4.78 is 27.9. The molecule has 0 radical (unpaired) electrons. The maximum atomic E-state index is 12.0. The van der Waals surface area contributed by atoms with Gasteiger partial charge < -0.3 is 19.1 Å². The van der Waals surface area contributed by atoms with Gasteiger partial charge in [0.2, 0.25) is 0 Å². The van der Waals surface area contributed by atoms with Crippen LogP contribution in [-0.2, 0) is 23.1 Å². The maximum Gasteiger partial charge on any atom is 0.327 e. The minimum atomic E-state index is -3.19. The molecule has 0 aromatic heterocycles. The molecule has 0 saturated heterocycles. The fraction of sp³-hybridized carbons (Fsp3) is 0.769. The molecule has 1 amide bonds. The van der Waals surface area contributed by atoms with Gasteiger partial charge in [-0.2, -0.15) is 0 Å². The van der Waals surface area contributed by atoms with Crippen LogP contribution in [0.5, 0.6) is 0 Å². The van der Waals surface area contributed by atoms with E-state index in [9.17, 15) is 9.36 Å². The van der Waals surface area contributed by atoms with Crippen molar-refractivity contribution in [2.75, 3.05) is 19.8 Å². The van der Waals surface area contributed by atoms with Gasteiger partial charge in [-0.05, 0) is 27.7 Å². The van der Waals surface area contributed by atoms with Crippen LogP contribution in [0.4, 0.5) is 0 Å². The van der Waals surface area contributed by atoms with Gasteiger partial charge in [0.05, 0.1) is 18.8 Å². The van der Waals surface area contributed by atoms with E-state index in [1.165, 1.54) is 6.66 Å². The molecule has 0 aliphatic rings. The van der Waals surface area contributed by atoms with Gasteiger partial charge in [-0.15, -0.1) is 6.58 Å². The van der Waals surface area contributed by atoms with Gasteiger partial charge in [0, 0.05) is 13.2 Å². The van der Waals surface area contributed by atoms with Crippen LogP contribution < -0.4 is 5.32 Å². The van der Waals surface area contributed by atoms with Gasteiger partial charge >= 0.3 is 7.60 Å². The van der Waals surface area contributed by atoms with Crippen molar-refractivity contribution in [1.29, 1.82) is 0 Å². The van der Waals surface area contributed by atoms with E-state index in [1.54, 1.807) is 19.9 Å². The number of nitrogens with one attached hydrogen (secondary N) is 1. The second-order valence-electron chi connectivity index (χ2n) is 4.93. The molecule has 0 aliphatic heterocycles. The van der Waals surface area contributed by atoms with Crippen LogP contribution in [0, 0.1) is 0 Å². The van der Waals surface area contributed by atoms with Crippen molar-refractivity contribution in [3.05, 3.63) is 12.7 Å². The smallest absolute Gasteiger partial charge is 0.327 e. The summed E-state index contributed by atoms with van der Waals surface area (Å²) in [6, 6.07) is 0. The van der Waals surface area contributed by atoms with Gasteiger partial charge in [-0.1, -0.05) is 6.08 Å². The lowest BCUT2D eigenvalue weighted by atomic mass is 10.3. The van der Waals surface area contributed by atoms with E-state index in [4.69, 9.17) is 13.8 Å². The highest BCUT2D eigenvalue weighted by Gasteiger charge is 2.26. The first kappa shape index (κ1) is 19.3. The Balaban J connectivity index is 4.53. The summed E-state index contributed by atoms with van der Waals surface area (Å²) in [5.41, 5.74) is 0. The molecule has 0 bridgehead atoms. The Kier molecular flexibility index (Phi) is 8.98. The van der Waals surface area contributed by atoms with Crippen LogP contribution in [0.15, 0.2) is 12.7 Å². The number of amides is 1. The van der Waals surface area contributed by atoms with Crippen LogP contribution in [0.1, 0.15) is 27.7 Å². The van der Waals surface area contributed by atoms with Crippen molar-refractivity contribution in [2.24, 2.45) is 0 Å². The van der Waals surface area contributed by atoms with Crippen molar-refractivity contribution in [3.8, 4) is 0 Å². The Hall–Kier alpha value is -0.680. The lowest BCUT2D eigenvalue weighted by Crippen LogP contribution is -2.40. The van der Waals surface area contributed by atoms with Crippen LogP contribution in [0.2, 0.25) is 0 Å². The fourth-order valence-electron chi connectivity index (χ4n) is 1.41. The summed E-state index contributed by atoms with van der Waals surface area (Å²) in [4.78, 5) is 11.9. The number of carbonyl (C=O) groups is 1. The molecule has 1 N–H and O–H groups in total. The lowest BCUT2D eigenvalue weighted by molar-refractivity contribution is -0.137. The van der Waals surface area contributed by atoms with Crippen LogP contribution in [0.3, 0.4) is 0 Å². The van der Waals surface area contributed by atoms with E-state index in [-0.39, 0.29) is 24.7 Å². The molecule has 118 valence electrons. The highest BCUT2D eigenvalue weighted by atomic mass is 31.2. The average molecular weight is 307 g/mol. The predicted octanol–water partition coefficient (Wildman–Crippen LogP) is 2.35. The van der Waals surface area contributed by atoms with Crippen molar-refractivity contribution in [1.82, 2.24) is 5.32 Å². The zero-order valence-corrected chi connectivity index (χ0v) is 13.8. The molecule has 6 nitrogen and oxygen atoms in total. The van der Waals surface area contributed by atoms with E-state index >= 15 is 0 Å². The number of hydrogen-bond donors (Lipinski definition) is 1. The summed E-state index contributed by atoms with van der Waals surface area (Å²) in [5.74, 6) is -0.330. The summed E-state index contributed by atoms with van der Waals surface area (Å²) in [6.45, 7) is 12.3. The average Bonchev–Trinajstić information content (AvgIpc) is 2.29. The number of carbonyl (C=O) groups excluding carboxylic acids is 1. The zero-order valence-electron chi connectivity index (χ0n) is 12.9. The summed E-state index contributed by atoms with van der Waals surface area (Å²) in [6.07, 6.45) is 0.363. The molecule has 0 aliphatic carbocycles. The molecule has 0 heterocycles. The summed E-state index contributed by atoms with van der Waals surface area (Å²) in [5, 5.41) is 2.62. The third-order valence-electron chi connectivity index (χ3n) is 2.01. The minimum absolute atomic E-state index is 0.123. The SMILES string of the molecule is C=CCNC(=O)[C@H](COP(C)(=O)OC(C)C)OC(C)C. The highest BCUT2D eigenvalue weighted by molar-refractivity contribution is 7.53. The molecule has 0 fully saturated rings. The third kappa shape index (κ3) is 9.26. The van der Waals surface area contributed by atoms with Crippen molar-refractivity contribution < 1.29 is 23.1 Å². The predicted molar refractivity (Wildman–Crippen MR) is 78.9 cm³/mol. The summed E-state index contributed by atoms with van der Waals surface area (Å²) in [7, 11) is -3.19. The Morgan fingerprint density at radius 2 is 1.90 bits per heavy atom. The van der Waals surface area contributed by atoms with E-state index < -0.39 is 13.7 Å². The molecule has 0 spiro atoms. The monoisotopic (exact) mass is 307 g/mol. The van der Waals surface area contributed by atoms with Crippen LogP contribution >= 0.6 is 7.60 Å². The Labute approximate surface area is 121 Å². The van der Waals surface area contributed by atoms with E-state index in [2.05, 4.69) is 11.9 Å². The minimum Gasteiger partial charge on any atom is -0.363 e. The molecule has 2 atom stereocenters. The molecule has 20 heavy (non-hydrogen) atoms. The number of ether oxygens (including phenoxy) is 1. The topological polar surface area (TPSA) is 73.9 Å². The van der Waals surface area contributed by atoms with Gasteiger partial charge in [0.15, 0.2) is 6.10 Å². The summed E-state index contributed by atoms with van der Waals surface area (Å²) >= 11 is 0. The van der Waals surface area contributed by atoms with Crippen LogP contribution in [0.25, 0.3) is 0 Å². The number of rotatable bonds is 10. The Bertz CT molecular complexity index is 357. The fourth-order valence-corrected chi connectivity index (χ4v) is 2.64. The molecule has 7 heteroatoms. The molecule has 0 aromatic rings. The van der Waals surface area contributed by atoms with Gasteiger partial charge in [0.25, 0.3) is 5.91 Å². The van der Waals surface area contributed by atoms with E-state index in [1.807, 2.05) is 13.8 Å². The molecular weight excluding hydrogens is 281 g/mol. The van der Waals surface area contributed by atoms with Gasteiger partial charge in [-0.25, -0.2) is 0 Å². The molecule has 1 unspecified atom stereocenters. The van der Waals surface area contributed by atoms with E-state index in [0.29, 0.717) is 6.54 Å². The van der Waals surface area contributed by atoms with E-state index in [0.717, 1.165) is 0 Å². The molecule has 0 saturated carbocycles. The maximum absolute atomic E-state index is 12.0. The standard InChI is InChI=1S/C13H26NO5P/c1-7-8-14-13(15)12(18-10(2)3)9-17-20(6,16)19-11(4)5/h7,10-12H,1,8-9H2,2-6H3,(H,14,15)/t12-,20?/m0/s1. The first-order chi connectivity index (χ1) is 9.18. The first-order valence-corrected chi connectivity index (χ1v) is 8.61. The second kappa shape index (κ2) is 9.29. The first-order valence-electron chi connectivity index (χ1n) is 6.62. The molecular formula is C13H26NO5P. The number of hydrogen-bond acceptors (Lipinski definition) is 5. The molecule has 0 rings (SSSR count). The van der Waals surface area contributed by atoms with Crippen molar-refractivity contribution in [3.63, 3.8) is 0 Å². The molecule has 0 aromatic carbocycles. The normalized spacial score (nSPS) is 15.9.